The number of halogens is 3. The van der Waals surface area contributed by atoms with E-state index in [0.29, 0.717) is 17.2 Å². The Balaban J connectivity index is 1.72. The summed E-state index contributed by atoms with van der Waals surface area (Å²) in [7, 11) is -4.54. The summed E-state index contributed by atoms with van der Waals surface area (Å²) in [6, 6.07) is 27.1. The van der Waals surface area contributed by atoms with E-state index >= 15 is 0 Å². The third kappa shape index (κ3) is 8.47. The fraction of sp³-hybridized carbons (Fsp3) is 0.0303. The zero-order valence-corrected chi connectivity index (χ0v) is 24.4. The molecule has 0 spiro atoms. The Labute approximate surface area is 262 Å². The monoisotopic (exact) mass is 641 g/mol. The quantitative estimate of drug-likeness (QED) is 0.138. The highest BCUT2D eigenvalue weighted by Gasteiger charge is 2.31. The van der Waals surface area contributed by atoms with Crippen molar-refractivity contribution < 1.29 is 31.2 Å². The van der Waals surface area contributed by atoms with Crippen LogP contribution >= 0.6 is 0 Å². The summed E-state index contributed by atoms with van der Waals surface area (Å²) in [6.07, 6.45) is -2.11. The maximum atomic E-state index is 13.2. The van der Waals surface area contributed by atoms with Crippen LogP contribution in [0, 0.1) is 22.7 Å². The van der Waals surface area contributed by atoms with Crippen molar-refractivity contribution in [3.63, 3.8) is 0 Å². The molecular formula is C33H22F3N5O4S. The number of benzene rings is 4. The molecular weight excluding hydrogens is 619 g/mol. The van der Waals surface area contributed by atoms with Crippen LogP contribution in [0.15, 0.2) is 119 Å². The topological polar surface area (TPSA) is 152 Å². The molecule has 0 fully saturated rings. The minimum Gasteiger partial charge on any atom is -0.320 e. The Morgan fingerprint density at radius 3 is 1.70 bits per heavy atom. The van der Waals surface area contributed by atoms with E-state index in [1.54, 1.807) is 72.8 Å². The molecule has 0 aliphatic rings. The van der Waals surface area contributed by atoms with E-state index in [1.807, 2.05) is 0 Å². The molecule has 13 heteroatoms. The van der Waals surface area contributed by atoms with Crippen molar-refractivity contribution >= 4 is 51.1 Å². The number of amides is 2. The minimum atomic E-state index is -4.72. The second kappa shape index (κ2) is 14.1. The lowest BCUT2D eigenvalue weighted by atomic mass is 10.1. The summed E-state index contributed by atoms with van der Waals surface area (Å²) >= 11 is 0. The van der Waals surface area contributed by atoms with Crippen LogP contribution < -0.4 is 15.4 Å². The Kier molecular flexibility index (Phi) is 10.0. The maximum absolute atomic E-state index is 13.2. The predicted octanol–water partition coefficient (Wildman–Crippen LogP) is 6.60. The van der Waals surface area contributed by atoms with E-state index in [9.17, 15) is 41.7 Å². The predicted molar refractivity (Wildman–Crippen MR) is 166 cm³/mol. The molecule has 0 atom stereocenters. The van der Waals surface area contributed by atoms with Crippen LogP contribution in [-0.2, 0) is 25.8 Å². The van der Waals surface area contributed by atoms with Crippen LogP contribution in [0.4, 0.5) is 30.2 Å². The summed E-state index contributed by atoms with van der Waals surface area (Å²) in [5.74, 6) is -1.84. The van der Waals surface area contributed by atoms with Crippen LogP contribution in [0.3, 0.4) is 0 Å². The van der Waals surface area contributed by atoms with Gasteiger partial charge in [-0.15, -0.1) is 0 Å². The number of carbonyl (C=O) groups excluding carboxylic acids is 2. The van der Waals surface area contributed by atoms with Crippen molar-refractivity contribution in [3.05, 3.63) is 131 Å². The number of hydrogen-bond donors (Lipinski definition) is 3. The molecule has 4 rings (SSSR count). The zero-order valence-electron chi connectivity index (χ0n) is 23.5. The number of anilines is 3. The van der Waals surface area contributed by atoms with Gasteiger partial charge in [-0.05, 0) is 59.7 Å². The standard InChI is InChI=1S/C33H22F3N5O4S/c34-33(35,36)26-12-7-13-27(18-26)41-46(44,45)28-14-15-29(39-31(42)24(20-37)16-22-8-3-1-4-9-22)30(19-28)40-32(43)25(21-38)17-23-10-5-2-6-11-23/h1-19,41H,(H,39,42)(H,40,43). The molecule has 4 aromatic rings. The normalized spacial score (nSPS) is 11.9. The van der Waals surface area contributed by atoms with Crippen molar-refractivity contribution in [3.8, 4) is 12.1 Å². The summed E-state index contributed by atoms with van der Waals surface area (Å²) in [5.41, 5.74) is -1.47. The van der Waals surface area contributed by atoms with Crippen LogP contribution in [0.1, 0.15) is 16.7 Å². The van der Waals surface area contributed by atoms with E-state index in [2.05, 4.69) is 15.4 Å². The molecule has 0 saturated carbocycles. The number of alkyl halides is 3. The lowest BCUT2D eigenvalue weighted by molar-refractivity contribution is -0.137. The highest BCUT2D eigenvalue weighted by Crippen LogP contribution is 2.32. The highest BCUT2D eigenvalue weighted by atomic mass is 32.2. The molecule has 4 aromatic carbocycles. The van der Waals surface area contributed by atoms with E-state index in [-0.39, 0.29) is 28.2 Å². The lowest BCUT2D eigenvalue weighted by Crippen LogP contribution is -2.20. The number of nitrogens with zero attached hydrogens (tertiary/aromatic N) is 2. The van der Waals surface area contributed by atoms with E-state index in [4.69, 9.17) is 0 Å². The van der Waals surface area contributed by atoms with Crippen LogP contribution in [0.5, 0.6) is 0 Å². The fourth-order valence-corrected chi connectivity index (χ4v) is 5.06. The van der Waals surface area contributed by atoms with Gasteiger partial charge in [0.2, 0.25) is 0 Å². The van der Waals surface area contributed by atoms with Gasteiger partial charge in [-0.2, -0.15) is 23.7 Å². The van der Waals surface area contributed by atoms with Gasteiger partial charge in [-0.3, -0.25) is 14.3 Å². The minimum absolute atomic E-state index is 0.136. The molecule has 3 N–H and O–H groups in total. The van der Waals surface area contributed by atoms with Crippen molar-refractivity contribution in [1.29, 1.82) is 10.5 Å². The van der Waals surface area contributed by atoms with E-state index < -0.39 is 38.5 Å². The molecule has 0 saturated heterocycles. The van der Waals surface area contributed by atoms with Gasteiger partial charge in [-0.25, -0.2) is 8.42 Å². The van der Waals surface area contributed by atoms with Gasteiger partial charge in [-0.1, -0.05) is 66.7 Å². The fourth-order valence-electron chi connectivity index (χ4n) is 3.98. The summed E-state index contributed by atoms with van der Waals surface area (Å²) in [6.45, 7) is 0. The van der Waals surface area contributed by atoms with Crippen molar-refractivity contribution in [2.24, 2.45) is 0 Å². The molecule has 0 aromatic heterocycles. The largest absolute Gasteiger partial charge is 0.416 e. The average molecular weight is 642 g/mol. The van der Waals surface area contributed by atoms with Gasteiger partial charge < -0.3 is 10.6 Å². The zero-order chi connectivity index (χ0) is 33.3. The summed E-state index contributed by atoms with van der Waals surface area (Å²) < 4.78 is 68.0. The number of hydrogen-bond acceptors (Lipinski definition) is 6. The second-order valence-electron chi connectivity index (χ2n) is 9.46. The van der Waals surface area contributed by atoms with Crippen molar-refractivity contribution in [2.75, 3.05) is 15.4 Å². The third-order valence-electron chi connectivity index (χ3n) is 6.19. The van der Waals surface area contributed by atoms with Crippen LogP contribution in [0.2, 0.25) is 0 Å². The number of carbonyl (C=O) groups is 2. The molecule has 46 heavy (non-hydrogen) atoms. The molecule has 0 bridgehead atoms. The van der Waals surface area contributed by atoms with Gasteiger partial charge in [0.25, 0.3) is 21.8 Å². The van der Waals surface area contributed by atoms with Gasteiger partial charge in [0, 0.05) is 5.69 Å². The van der Waals surface area contributed by atoms with Crippen LogP contribution in [0.25, 0.3) is 12.2 Å². The first-order valence-electron chi connectivity index (χ1n) is 13.2. The number of rotatable bonds is 9. The second-order valence-corrected chi connectivity index (χ2v) is 11.1. The molecule has 0 heterocycles. The summed E-state index contributed by atoms with van der Waals surface area (Å²) in [5, 5.41) is 24.1. The smallest absolute Gasteiger partial charge is 0.320 e. The van der Waals surface area contributed by atoms with Gasteiger partial charge in [0.15, 0.2) is 0 Å². The molecule has 0 radical (unpaired) electrons. The molecule has 2 amide bonds. The first kappa shape index (κ1) is 32.7. The van der Waals surface area contributed by atoms with E-state index in [1.165, 1.54) is 12.2 Å². The Hall–Kier alpha value is -6.18. The van der Waals surface area contributed by atoms with Crippen molar-refractivity contribution in [2.45, 2.75) is 11.1 Å². The van der Waals surface area contributed by atoms with Gasteiger partial charge >= 0.3 is 6.18 Å². The lowest BCUT2D eigenvalue weighted by Gasteiger charge is -2.15. The molecule has 0 aliphatic heterocycles. The Morgan fingerprint density at radius 2 is 1.20 bits per heavy atom. The van der Waals surface area contributed by atoms with Gasteiger partial charge in [0.05, 0.1) is 21.8 Å². The SMILES string of the molecule is N#CC(=Cc1ccccc1)C(=O)Nc1ccc(S(=O)(=O)Nc2cccc(C(F)(F)F)c2)cc1NC(=O)C(C#N)=Cc1ccccc1. The Morgan fingerprint density at radius 1 is 0.674 bits per heavy atom. The van der Waals surface area contributed by atoms with Crippen LogP contribution in [-0.4, -0.2) is 20.2 Å². The third-order valence-corrected chi connectivity index (χ3v) is 7.57. The first-order valence-corrected chi connectivity index (χ1v) is 14.7. The number of nitrogens with one attached hydrogen (secondary N) is 3. The van der Waals surface area contributed by atoms with E-state index in [0.717, 1.165) is 36.4 Å². The first-order chi connectivity index (χ1) is 21.9. The molecule has 0 aliphatic carbocycles. The molecule has 9 nitrogen and oxygen atoms in total. The summed E-state index contributed by atoms with van der Waals surface area (Å²) in [4.78, 5) is 25.7. The molecule has 230 valence electrons. The Bertz CT molecular complexity index is 2030. The maximum Gasteiger partial charge on any atom is 0.416 e. The number of sulfonamides is 1. The average Bonchev–Trinajstić information content (AvgIpc) is 3.03. The molecule has 0 unspecified atom stereocenters. The van der Waals surface area contributed by atoms with Gasteiger partial charge in [0.1, 0.15) is 23.3 Å². The van der Waals surface area contributed by atoms with Crippen molar-refractivity contribution in [1.82, 2.24) is 0 Å². The number of nitriles is 2. The highest BCUT2D eigenvalue weighted by molar-refractivity contribution is 7.92.